The van der Waals surface area contributed by atoms with Gasteiger partial charge in [0, 0.05) is 43.9 Å². The summed E-state index contributed by atoms with van der Waals surface area (Å²) < 4.78 is 6.22. The van der Waals surface area contributed by atoms with E-state index in [2.05, 4.69) is 59.2 Å². The number of unbranched alkanes of at least 4 members (excludes halogenated alkanes) is 3. The predicted molar refractivity (Wildman–Crippen MR) is 181 cm³/mol. The molecular weight excluding hydrogens is 564 g/mol. The lowest BCUT2D eigenvalue weighted by atomic mass is 9.92. The number of aliphatic carboxylic acids is 1. The van der Waals surface area contributed by atoms with Gasteiger partial charge in [0.1, 0.15) is 5.75 Å². The van der Waals surface area contributed by atoms with Crippen molar-refractivity contribution in [3.05, 3.63) is 101 Å². The van der Waals surface area contributed by atoms with E-state index in [1.807, 2.05) is 30.3 Å². The van der Waals surface area contributed by atoms with Crippen molar-refractivity contribution in [1.82, 2.24) is 4.90 Å². The highest BCUT2D eigenvalue weighted by Crippen LogP contribution is 2.25. The van der Waals surface area contributed by atoms with Crippen LogP contribution in [0.4, 0.5) is 5.69 Å². The second-order valence-electron chi connectivity index (χ2n) is 12.0. The summed E-state index contributed by atoms with van der Waals surface area (Å²) >= 11 is 0. The molecule has 1 saturated heterocycles. The number of allylic oxidation sites excluding steroid dienone is 1. The molecule has 7 heteroatoms. The van der Waals surface area contributed by atoms with Crippen molar-refractivity contribution in [3.8, 4) is 5.75 Å². The SMILES string of the molecule is Cc1ccccc1N1CCN(CCCCCOc2ccccc2C=CC(CCCCC(=O)O)Cc2ccc(C(=O)O)cc2)CC1. The average Bonchev–Trinajstić information content (AvgIpc) is 3.04. The third kappa shape index (κ3) is 11.4. The lowest BCUT2D eigenvalue weighted by Gasteiger charge is -2.36. The van der Waals surface area contributed by atoms with E-state index in [1.54, 1.807) is 12.1 Å². The second kappa shape index (κ2) is 18.0. The van der Waals surface area contributed by atoms with Crippen molar-refractivity contribution in [1.29, 1.82) is 0 Å². The number of rotatable bonds is 18. The van der Waals surface area contributed by atoms with Crippen LogP contribution in [0, 0.1) is 12.8 Å². The molecule has 0 aromatic heterocycles. The van der Waals surface area contributed by atoms with E-state index in [9.17, 15) is 14.7 Å². The number of carboxylic acids is 2. The number of nitrogens with zero attached hydrogens (tertiary/aromatic N) is 2. The molecule has 1 aliphatic rings. The fourth-order valence-corrected chi connectivity index (χ4v) is 5.95. The first-order chi connectivity index (χ1) is 21.9. The van der Waals surface area contributed by atoms with Crippen LogP contribution in [0.1, 0.15) is 72.0 Å². The molecule has 0 saturated carbocycles. The third-order valence-corrected chi connectivity index (χ3v) is 8.59. The van der Waals surface area contributed by atoms with E-state index in [4.69, 9.17) is 9.84 Å². The number of aryl methyl sites for hydroxylation is 1. The van der Waals surface area contributed by atoms with E-state index < -0.39 is 11.9 Å². The average molecular weight is 613 g/mol. The van der Waals surface area contributed by atoms with E-state index in [-0.39, 0.29) is 17.9 Å². The molecule has 1 atom stereocenters. The van der Waals surface area contributed by atoms with Crippen LogP contribution in [0.5, 0.6) is 5.75 Å². The van der Waals surface area contributed by atoms with Gasteiger partial charge in [-0.25, -0.2) is 4.79 Å². The third-order valence-electron chi connectivity index (χ3n) is 8.59. The Morgan fingerprint density at radius 3 is 2.31 bits per heavy atom. The number of anilines is 1. The Balaban J connectivity index is 1.22. The van der Waals surface area contributed by atoms with Gasteiger partial charge in [-0.1, -0.05) is 67.1 Å². The van der Waals surface area contributed by atoms with Gasteiger partial charge in [-0.3, -0.25) is 9.69 Å². The van der Waals surface area contributed by atoms with Gasteiger partial charge < -0.3 is 19.8 Å². The van der Waals surface area contributed by atoms with Crippen LogP contribution in [0.25, 0.3) is 6.08 Å². The normalized spacial score (nSPS) is 14.5. The van der Waals surface area contributed by atoms with Gasteiger partial charge in [0.15, 0.2) is 0 Å². The molecule has 45 heavy (non-hydrogen) atoms. The van der Waals surface area contributed by atoms with Crippen LogP contribution in [0.15, 0.2) is 78.9 Å². The Hall–Kier alpha value is -4.10. The van der Waals surface area contributed by atoms with E-state index in [0.717, 1.165) is 81.7 Å². The predicted octanol–water partition coefficient (Wildman–Crippen LogP) is 7.58. The molecule has 1 aliphatic heterocycles. The monoisotopic (exact) mass is 612 g/mol. The highest BCUT2D eigenvalue weighted by Gasteiger charge is 2.17. The van der Waals surface area contributed by atoms with Gasteiger partial charge >= 0.3 is 11.9 Å². The van der Waals surface area contributed by atoms with Crippen molar-refractivity contribution in [2.24, 2.45) is 5.92 Å². The molecule has 0 aliphatic carbocycles. The Morgan fingerprint density at radius 1 is 0.844 bits per heavy atom. The molecule has 2 N–H and O–H groups in total. The molecule has 3 aromatic carbocycles. The lowest BCUT2D eigenvalue weighted by molar-refractivity contribution is -0.137. The smallest absolute Gasteiger partial charge is 0.335 e. The van der Waals surface area contributed by atoms with Gasteiger partial charge in [-0.05, 0) is 93.3 Å². The van der Waals surface area contributed by atoms with Gasteiger partial charge in [-0.15, -0.1) is 0 Å². The maximum atomic E-state index is 11.2. The number of hydrogen-bond donors (Lipinski definition) is 2. The number of aromatic carboxylic acids is 1. The summed E-state index contributed by atoms with van der Waals surface area (Å²) in [5, 5.41) is 18.2. The molecule has 240 valence electrons. The first-order valence-electron chi connectivity index (χ1n) is 16.4. The van der Waals surface area contributed by atoms with Gasteiger partial charge in [-0.2, -0.15) is 0 Å². The molecule has 1 fully saturated rings. The summed E-state index contributed by atoms with van der Waals surface area (Å²) in [4.78, 5) is 27.3. The zero-order valence-corrected chi connectivity index (χ0v) is 26.6. The minimum Gasteiger partial charge on any atom is -0.493 e. The van der Waals surface area contributed by atoms with Crippen molar-refractivity contribution in [2.45, 2.75) is 58.3 Å². The fourth-order valence-electron chi connectivity index (χ4n) is 5.95. The summed E-state index contributed by atoms with van der Waals surface area (Å²) in [6.45, 7) is 8.39. The lowest BCUT2D eigenvalue weighted by Crippen LogP contribution is -2.46. The van der Waals surface area contributed by atoms with E-state index in [1.165, 1.54) is 17.7 Å². The summed E-state index contributed by atoms with van der Waals surface area (Å²) in [5.41, 5.74) is 5.07. The van der Waals surface area contributed by atoms with Crippen LogP contribution in [0.3, 0.4) is 0 Å². The Labute approximate surface area is 268 Å². The molecule has 3 aromatic rings. The number of carboxylic acid groups (broad SMARTS) is 2. The molecule has 0 radical (unpaired) electrons. The van der Waals surface area contributed by atoms with Crippen LogP contribution >= 0.6 is 0 Å². The minimum atomic E-state index is -0.934. The van der Waals surface area contributed by atoms with Crippen LogP contribution in [-0.4, -0.2) is 66.4 Å². The van der Waals surface area contributed by atoms with Crippen molar-refractivity contribution >= 4 is 23.7 Å². The summed E-state index contributed by atoms with van der Waals surface area (Å²) in [6, 6.07) is 23.7. The molecule has 1 unspecified atom stereocenters. The molecule has 7 nitrogen and oxygen atoms in total. The first-order valence-corrected chi connectivity index (χ1v) is 16.4. The Morgan fingerprint density at radius 2 is 1.58 bits per heavy atom. The second-order valence-corrected chi connectivity index (χ2v) is 12.0. The number of hydrogen-bond acceptors (Lipinski definition) is 5. The molecule has 0 spiro atoms. The van der Waals surface area contributed by atoms with E-state index in [0.29, 0.717) is 13.0 Å². The zero-order chi connectivity index (χ0) is 31.9. The molecule has 0 amide bonds. The zero-order valence-electron chi connectivity index (χ0n) is 26.6. The van der Waals surface area contributed by atoms with Crippen LogP contribution < -0.4 is 9.64 Å². The standard InChI is InChI=1S/C38H48N2O5/c1-30-11-3-6-14-35(30)40-26-24-39(25-27-40)23-9-2-10-28-45-36-15-7-5-13-33(36)20-17-31(12-4-8-16-37(41)42)29-32-18-21-34(22-19-32)38(43)44/h3,5-7,11,13-15,17-22,31H,2,4,8-10,12,16,23-29H2,1H3,(H,41,42)(H,43,44). The number of benzene rings is 3. The van der Waals surface area contributed by atoms with Crippen molar-refractivity contribution < 1.29 is 24.5 Å². The van der Waals surface area contributed by atoms with Gasteiger partial charge in [0.2, 0.25) is 0 Å². The fraction of sp³-hybridized carbons (Fsp3) is 0.421. The maximum Gasteiger partial charge on any atom is 0.335 e. The minimum absolute atomic E-state index is 0.172. The number of para-hydroxylation sites is 2. The topological polar surface area (TPSA) is 90.3 Å². The van der Waals surface area contributed by atoms with Crippen LogP contribution in [-0.2, 0) is 11.2 Å². The molecule has 4 rings (SSSR count). The molecular formula is C38H48N2O5. The summed E-state index contributed by atoms with van der Waals surface area (Å²) in [5.74, 6) is -0.636. The largest absolute Gasteiger partial charge is 0.493 e. The summed E-state index contributed by atoms with van der Waals surface area (Å²) in [6.07, 6.45) is 10.9. The molecule has 1 heterocycles. The Bertz CT molecular complexity index is 1380. The molecule has 0 bridgehead atoms. The van der Waals surface area contributed by atoms with E-state index >= 15 is 0 Å². The maximum absolute atomic E-state index is 11.2. The highest BCUT2D eigenvalue weighted by molar-refractivity contribution is 5.87. The number of piperazine rings is 1. The quantitative estimate of drug-likeness (QED) is 0.143. The number of carbonyl (C=O) groups is 2. The van der Waals surface area contributed by atoms with Crippen molar-refractivity contribution in [2.75, 3.05) is 44.2 Å². The van der Waals surface area contributed by atoms with Gasteiger partial charge in [0.05, 0.1) is 12.2 Å². The van der Waals surface area contributed by atoms with Crippen molar-refractivity contribution in [3.63, 3.8) is 0 Å². The van der Waals surface area contributed by atoms with Crippen LogP contribution in [0.2, 0.25) is 0 Å². The highest BCUT2D eigenvalue weighted by atomic mass is 16.5. The number of ether oxygens (including phenoxy) is 1. The van der Waals surface area contributed by atoms with Gasteiger partial charge in [0.25, 0.3) is 0 Å². The first kappa shape index (κ1) is 33.8. The summed E-state index contributed by atoms with van der Waals surface area (Å²) in [7, 11) is 0. The Kier molecular flexibility index (Phi) is 13.5.